The molecule has 2 nitrogen and oxygen atoms in total. The monoisotopic (exact) mass is 240 g/mol. The molecule has 1 aromatic carbocycles. The molecular weight excluding hydrogens is 220 g/mol. The molecule has 1 fully saturated rings. The molecule has 0 radical (unpaired) electrons. The maximum Gasteiger partial charge on any atom is 0.0645 e. The Morgan fingerprint density at radius 2 is 1.78 bits per heavy atom. The Labute approximate surface area is 109 Å². The molecule has 0 amide bonds. The fraction of sp³-hybridized carbons (Fsp3) is 0.438. The van der Waals surface area contributed by atoms with Crippen molar-refractivity contribution in [3.8, 4) is 5.69 Å². The number of hydrogen-bond acceptors (Lipinski definition) is 1. The molecule has 3 rings (SSSR count). The normalized spacial score (nSPS) is 18.7. The summed E-state index contributed by atoms with van der Waals surface area (Å²) in [5.74, 6) is 0. The first-order valence-corrected chi connectivity index (χ1v) is 6.89. The number of para-hydroxylation sites is 1. The number of rotatable bonds is 2. The number of hydrogen-bond donors (Lipinski definition) is 0. The van der Waals surface area contributed by atoms with Crippen LogP contribution < -0.4 is 0 Å². The zero-order chi connectivity index (χ0) is 12.4. The minimum absolute atomic E-state index is 0.339. The summed E-state index contributed by atoms with van der Waals surface area (Å²) in [5, 5.41) is 4.52. The standard InChI is InChI=1S/C16H20N2/c1-16(10-6-3-7-11-16)14-12-17-18(13-14)15-8-4-2-5-9-15/h2,4-5,8-9,12-13H,3,6-7,10-11H2,1H3. The second-order valence-corrected chi connectivity index (χ2v) is 5.63. The molecule has 0 aliphatic heterocycles. The van der Waals surface area contributed by atoms with Crippen molar-refractivity contribution >= 4 is 0 Å². The molecule has 0 atom stereocenters. The molecule has 0 saturated heterocycles. The smallest absolute Gasteiger partial charge is 0.0645 e. The summed E-state index contributed by atoms with van der Waals surface area (Å²) >= 11 is 0. The Bertz CT molecular complexity index is 507. The van der Waals surface area contributed by atoms with Crippen LogP contribution in [0, 0.1) is 0 Å². The molecular formula is C16H20N2. The van der Waals surface area contributed by atoms with Crippen molar-refractivity contribution < 1.29 is 0 Å². The SMILES string of the molecule is CC1(c2cnn(-c3ccccc3)c2)CCCCC1. The molecule has 1 aromatic heterocycles. The lowest BCUT2D eigenvalue weighted by Crippen LogP contribution is -2.24. The topological polar surface area (TPSA) is 17.8 Å². The summed E-state index contributed by atoms with van der Waals surface area (Å²) in [7, 11) is 0. The van der Waals surface area contributed by atoms with Gasteiger partial charge in [-0.05, 0) is 36.0 Å². The van der Waals surface area contributed by atoms with Gasteiger partial charge in [0.25, 0.3) is 0 Å². The molecule has 0 unspecified atom stereocenters. The van der Waals surface area contributed by atoms with Crippen LogP contribution in [0.1, 0.15) is 44.6 Å². The maximum absolute atomic E-state index is 4.52. The number of aromatic nitrogens is 2. The van der Waals surface area contributed by atoms with Gasteiger partial charge in [-0.15, -0.1) is 0 Å². The molecule has 0 bridgehead atoms. The number of benzene rings is 1. The van der Waals surface area contributed by atoms with Crippen molar-refractivity contribution in [3.63, 3.8) is 0 Å². The van der Waals surface area contributed by atoms with Crippen LogP contribution in [-0.4, -0.2) is 9.78 Å². The third-order valence-electron chi connectivity index (χ3n) is 4.26. The van der Waals surface area contributed by atoms with E-state index in [9.17, 15) is 0 Å². The molecule has 2 heteroatoms. The minimum Gasteiger partial charge on any atom is -0.241 e. The molecule has 1 aliphatic carbocycles. The summed E-state index contributed by atoms with van der Waals surface area (Å²) < 4.78 is 2.00. The number of nitrogens with zero attached hydrogens (tertiary/aromatic N) is 2. The highest BCUT2D eigenvalue weighted by molar-refractivity contribution is 5.32. The lowest BCUT2D eigenvalue weighted by Gasteiger charge is -2.32. The highest BCUT2D eigenvalue weighted by atomic mass is 15.3. The summed E-state index contributed by atoms with van der Waals surface area (Å²) in [6, 6.07) is 10.3. The fourth-order valence-electron chi connectivity index (χ4n) is 2.98. The van der Waals surface area contributed by atoms with E-state index in [1.165, 1.54) is 37.7 Å². The van der Waals surface area contributed by atoms with Crippen molar-refractivity contribution in [1.29, 1.82) is 0 Å². The Morgan fingerprint density at radius 3 is 2.50 bits per heavy atom. The van der Waals surface area contributed by atoms with Gasteiger partial charge in [-0.3, -0.25) is 0 Å². The molecule has 1 saturated carbocycles. The van der Waals surface area contributed by atoms with E-state index >= 15 is 0 Å². The average molecular weight is 240 g/mol. The molecule has 1 aliphatic rings. The van der Waals surface area contributed by atoms with Gasteiger partial charge in [-0.25, -0.2) is 4.68 Å². The van der Waals surface area contributed by atoms with Crippen molar-refractivity contribution in [2.45, 2.75) is 44.4 Å². The molecule has 2 aromatic rings. The Morgan fingerprint density at radius 1 is 1.06 bits per heavy atom. The van der Waals surface area contributed by atoms with Crippen molar-refractivity contribution in [2.75, 3.05) is 0 Å². The van der Waals surface area contributed by atoms with Gasteiger partial charge >= 0.3 is 0 Å². The van der Waals surface area contributed by atoms with Crippen LogP contribution in [-0.2, 0) is 5.41 Å². The third-order valence-corrected chi connectivity index (χ3v) is 4.26. The van der Waals surface area contributed by atoms with E-state index < -0.39 is 0 Å². The lowest BCUT2D eigenvalue weighted by molar-refractivity contribution is 0.319. The predicted molar refractivity (Wildman–Crippen MR) is 74.0 cm³/mol. The van der Waals surface area contributed by atoms with Crippen LogP contribution in [0.5, 0.6) is 0 Å². The van der Waals surface area contributed by atoms with E-state index in [0.29, 0.717) is 5.41 Å². The van der Waals surface area contributed by atoms with Gasteiger partial charge in [0.2, 0.25) is 0 Å². The van der Waals surface area contributed by atoms with Gasteiger partial charge in [0.05, 0.1) is 11.9 Å². The summed E-state index contributed by atoms with van der Waals surface area (Å²) in [4.78, 5) is 0. The molecule has 0 spiro atoms. The summed E-state index contributed by atoms with van der Waals surface area (Å²) in [6.45, 7) is 2.39. The van der Waals surface area contributed by atoms with Crippen LogP contribution in [0.25, 0.3) is 5.69 Å². The van der Waals surface area contributed by atoms with E-state index in [1.54, 1.807) is 0 Å². The lowest BCUT2D eigenvalue weighted by atomic mass is 9.72. The first-order valence-electron chi connectivity index (χ1n) is 6.89. The van der Waals surface area contributed by atoms with E-state index in [4.69, 9.17) is 0 Å². The molecule has 18 heavy (non-hydrogen) atoms. The van der Waals surface area contributed by atoms with Crippen LogP contribution in [0.15, 0.2) is 42.7 Å². The van der Waals surface area contributed by atoms with E-state index in [-0.39, 0.29) is 0 Å². The first kappa shape index (κ1) is 11.5. The second-order valence-electron chi connectivity index (χ2n) is 5.63. The van der Waals surface area contributed by atoms with Crippen molar-refractivity contribution in [2.24, 2.45) is 0 Å². The fourth-order valence-corrected chi connectivity index (χ4v) is 2.98. The molecule has 0 N–H and O–H groups in total. The summed E-state index contributed by atoms with van der Waals surface area (Å²) in [5.41, 5.74) is 2.87. The van der Waals surface area contributed by atoms with Crippen LogP contribution >= 0.6 is 0 Å². The van der Waals surface area contributed by atoms with Crippen LogP contribution in [0.3, 0.4) is 0 Å². The molecule has 94 valence electrons. The highest BCUT2D eigenvalue weighted by Crippen LogP contribution is 2.38. The second kappa shape index (κ2) is 4.60. The first-order chi connectivity index (χ1) is 8.78. The van der Waals surface area contributed by atoms with Crippen LogP contribution in [0.2, 0.25) is 0 Å². The highest BCUT2D eigenvalue weighted by Gasteiger charge is 2.29. The Kier molecular flexibility index (Phi) is 2.94. The van der Waals surface area contributed by atoms with Gasteiger partial charge in [0.1, 0.15) is 0 Å². The largest absolute Gasteiger partial charge is 0.241 e. The minimum atomic E-state index is 0.339. The van der Waals surface area contributed by atoms with E-state index in [1.807, 2.05) is 10.7 Å². The summed E-state index contributed by atoms with van der Waals surface area (Å²) in [6.07, 6.45) is 11.0. The average Bonchev–Trinajstić information content (AvgIpc) is 2.91. The van der Waals surface area contributed by atoms with Gasteiger partial charge in [-0.2, -0.15) is 5.10 Å². The van der Waals surface area contributed by atoms with Crippen molar-refractivity contribution in [3.05, 3.63) is 48.3 Å². The Hall–Kier alpha value is -1.57. The maximum atomic E-state index is 4.52. The zero-order valence-corrected chi connectivity index (χ0v) is 11.0. The third kappa shape index (κ3) is 2.07. The van der Waals surface area contributed by atoms with Gasteiger partial charge in [-0.1, -0.05) is 44.4 Å². The van der Waals surface area contributed by atoms with Gasteiger partial charge in [0.15, 0.2) is 0 Å². The quantitative estimate of drug-likeness (QED) is 0.773. The van der Waals surface area contributed by atoms with Crippen molar-refractivity contribution in [1.82, 2.24) is 9.78 Å². The van der Waals surface area contributed by atoms with Crippen LogP contribution in [0.4, 0.5) is 0 Å². The zero-order valence-electron chi connectivity index (χ0n) is 11.0. The molecule has 1 heterocycles. The van der Waals surface area contributed by atoms with E-state index in [2.05, 4.69) is 48.7 Å². The Balaban J connectivity index is 1.89. The van der Waals surface area contributed by atoms with E-state index in [0.717, 1.165) is 5.69 Å². The van der Waals surface area contributed by atoms with Gasteiger partial charge < -0.3 is 0 Å². The predicted octanol–water partition coefficient (Wildman–Crippen LogP) is 4.09. The van der Waals surface area contributed by atoms with Gasteiger partial charge in [0, 0.05) is 6.20 Å².